The third-order valence-corrected chi connectivity index (χ3v) is 7.46. The summed E-state index contributed by atoms with van der Waals surface area (Å²) in [6.45, 7) is 0. The van der Waals surface area contributed by atoms with Crippen molar-refractivity contribution in [3.63, 3.8) is 0 Å². The van der Waals surface area contributed by atoms with Crippen LogP contribution < -0.4 is 21.3 Å². The second kappa shape index (κ2) is 10.4. The van der Waals surface area contributed by atoms with Gasteiger partial charge in [-0.1, -0.05) is 72.8 Å². The molecule has 0 saturated heterocycles. The molecule has 0 aromatic heterocycles. The molecule has 6 nitrogen and oxygen atoms in total. The third-order valence-electron chi connectivity index (χ3n) is 7.46. The number of carbonyl (C=O) groups is 2. The van der Waals surface area contributed by atoms with Crippen LogP contribution in [0.2, 0.25) is 0 Å². The number of rotatable bonds is 5. The van der Waals surface area contributed by atoms with Crippen molar-refractivity contribution >= 4 is 23.4 Å². The molecule has 2 atom stereocenters. The third kappa shape index (κ3) is 4.85. The van der Waals surface area contributed by atoms with Crippen LogP contribution in [0, 0.1) is 0 Å². The lowest BCUT2D eigenvalue weighted by molar-refractivity contribution is 0.247. The van der Waals surface area contributed by atoms with Crippen LogP contribution in [0.1, 0.15) is 47.2 Å². The van der Waals surface area contributed by atoms with Crippen LogP contribution in [-0.4, -0.2) is 12.1 Å². The number of carbonyl (C=O) groups excluding carboxylic acids is 2. The molecule has 0 bridgehead atoms. The Labute approximate surface area is 222 Å². The van der Waals surface area contributed by atoms with Gasteiger partial charge < -0.3 is 21.3 Å². The van der Waals surface area contributed by atoms with Gasteiger partial charge in [-0.2, -0.15) is 0 Å². The molecule has 4 amide bonds. The molecule has 4 aromatic rings. The first kappa shape index (κ1) is 23.8. The van der Waals surface area contributed by atoms with E-state index in [9.17, 15) is 9.59 Å². The minimum absolute atomic E-state index is 0.0880. The van der Waals surface area contributed by atoms with Crippen molar-refractivity contribution in [3.8, 4) is 11.1 Å². The first-order valence-corrected chi connectivity index (χ1v) is 13.1. The summed E-state index contributed by atoms with van der Waals surface area (Å²) in [7, 11) is 0. The standard InChI is InChI=1S/C32H30N4O2/c37-31(33-23-11-3-1-4-12-23)35-27-19-17-21-9-7-15-25(29(21)27)26-16-8-10-22-18-20-28(30(22)26)36-32(38)34-24-13-5-2-6-14-24/h1-16,27-28H,17-20H2,(H2,33,35,37)(H2,34,36,38)/t27-,28-/m0/s1. The quantitative estimate of drug-likeness (QED) is 0.238. The average molecular weight is 503 g/mol. The minimum atomic E-state index is -0.209. The van der Waals surface area contributed by atoms with Crippen LogP contribution in [0.3, 0.4) is 0 Å². The van der Waals surface area contributed by atoms with E-state index < -0.39 is 0 Å². The van der Waals surface area contributed by atoms with Gasteiger partial charge in [0, 0.05) is 11.4 Å². The molecule has 4 N–H and O–H groups in total. The zero-order chi connectivity index (χ0) is 25.9. The Morgan fingerprint density at radius 3 is 1.37 bits per heavy atom. The van der Waals surface area contributed by atoms with Crippen molar-refractivity contribution < 1.29 is 9.59 Å². The van der Waals surface area contributed by atoms with Gasteiger partial charge in [0.25, 0.3) is 0 Å². The van der Waals surface area contributed by atoms with Crippen molar-refractivity contribution in [3.05, 3.63) is 119 Å². The van der Waals surface area contributed by atoms with Crippen LogP contribution in [-0.2, 0) is 12.8 Å². The van der Waals surface area contributed by atoms with E-state index in [-0.39, 0.29) is 24.1 Å². The Morgan fingerprint density at radius 1 is 0.526 bits per heavy atom. The summed E-state index contributed by atoms with van der Waals surface area (Å²) < 4.78 is 0. The summed E-state index contributed by atoms with van der Waals surface area (Å²) in [4.78, 5) is 25.7. The highest BCUT2D eigenvalue weighted by Crippen LogP contribution is 2.44. The van der Waals surface area contributed by atoms with Crippen molar-refractivity contribution in [1.29, 1.82) is 0 Å². The maximum atomic E-state index is 12.9. The van der Waals surface area contributed by atoms with E-state index >= 15 is 0 Å². The molecule has 6 rings (SSSR count). The second-order valence-electron chi connectivity index (χ2n) is 9.87. The fourth-order valence-electron chi connectivity index (χ4n) is 5.83. The zero-order valence-electron chi connectivity index (χ0n) is 21.0. The topological polar surface area (TPSA) is 82.3 Å². The van der Waals surface area contributed by atoms with E-state index in [1.54, 1.807) is 0 Å². The smallest absolute Gasteiger partial charge is 0.319 e. The van der Waals surface area contributed by atoms with E-state index in [2.05, 4.69) is 57.7 Å². The molecule has 2 aliphatic rings. The predicted molar refractivity (Wildman–Crippen MR) is 151 cm³/mol. The number of para-hydroxylation sites is 2. The molecule has 0 unspecified atom stereocenters. The Bertz CT molecular complexity index is 1360. The van der Waals surface area contributed by atoms with Crippen molar-refractivity contribution in [2.24, 2.45) is 0 Å². The largest absolute Gasteiger partial charge is 0.331 e. The summed E-state index contributed by atoms with van der Waals surface area (Å²) in [5.74, 6) is 0. The minimum Gasteiger partial charge on any atom is -0.331 e. The average Bonchev–Trinajstić information content (AvgIpc) is 3.54. The van der Waals surface area contributed by atoms with E-state index in [0.29, 0.717) is 0 Å². The van der Waals surface area contributed by atoms with Gasteiger partial charge in [-0.15, -0.1) is 0 Å². The molecular weight excluding hydrogens is 472 g/mol. The zero-order valence-corrected chi connectivity index (χ0v) is 21.0. The highest BCUT2D eigenvalue weighted by Gasteiger charge is 2.31. The summed E-state index contributed by atoms with van der Waals surface area (Å²) in [5.41, 5.74) is 8.63. The van der Waals surface area contributed by atoms with Crippen molar-refractivity contribution in [2.75, 3.05) is 10.6 Å². The van der Waals surface area contributed by atoms with Crippen molar-refractivity contribution in [1.82, 2.24) is 10.6 Å². The number of urea groups is 2. The van der Waals surface area contributed by atoms with Crippen molar-refractivity contribution in [2.45, 2.75) is 37.8 Å². The summed E-state index contributed by atoms with van der Waals surface area (Å²) in [6, 6.07) is 31.2. The molecule has 6 heteroatoms. The molecule has 0 radical (unpaired) electrons. The van der Waals surface area contributed by atoms with Crippen LogP contribution in [0.4, 0.5) is 21.0 Å². The molecule has 190 valence electrons. The van der Waals surface area contributed by atoms with E-state index in [0.717, 1.165) is 48.2 Å². The SMILES string of the molecule is O=C(Nc1ccccc1)N[C@H]1CCc2cccc(-c3cccc4c3[C@@H](NC(=O)Nc3ccccc3)CC4)c21. The lowest BCUT2D eigenvalue weighted by atomic mass is 9.89. The van der Waals surface area contributed by atoms with Gasteiger partial charge in [-0.3, -0.25) is 0 Å². The molecule has 0 spiro atoms. The van der Waals surface area contributed by atoms with Crippen LogP contribution >= 0.6 is 0 Å². The maximum absolute atomic E-state index is 12.9. The first-order valence-electron chi connectivity index (χ1n) is 13.1. The van der Waals surface area contributed by atoms with Crippen LogP contribution in [0.25, 0.3) is 11.1 Å². The number of hydrogen-bond donors (Lipinski definition) is 4. The highest BCUT2D eigenvalue weighted by molar-refractivity contribution is 5.91. The number of amides is 4. The lowest BCUT2D eigenvalue weighted by Crippen LogP contribution is -2.32. The normalized spacial score (nSPS) is 17.3. The Hall–Kier alpha value is -4.58. The summed E-state index contributed by atoms with van der Waals surface area (Å²) >= 11 is 0. The Morgan fingerprint density at radius 2 is 0.947 bits per heavy atom. The summed E-state index contributed by atoms with van der Waals surface area (Å²) in [6.07, 6.45) is 3.53. The number of anilines is 2. The highest BCUT2D eigenvalue weighted by atomic mass is 16.2. The molecule has 0 aliphatic heterocycles. The fraction of sp³-hybridized carbons (Fsp3) is 0.188. The number of hydrogen-bond acceptors (Lipinski definition) is 2. The van der Waals surface area contributed by atoms with Gasteiger partial charge >= 0.3 is 12.1 Å². The molecule has 0 saturated carbocycles. The van der Waals surface area contributed by atoms with E-state index in [1.807, 2.05) is 60.7 Å². The monoisotopic (exact) mass is 502 g/mol. The molecule has 0 fully saturated rings. The number of aryl methyl sites for hydroxylation is 2. The molecule has 38 heavy (non-hydrogen) atoms. The molecular formula is C32H30N4O2. The van der Waals surface area contributed by atoms with E-state index in [4.69, 9.17) is 0 Å². The number of nitrogens with one attached hydrogen (secondary N) is 4. The maximum Gasteiger partial charge on any atom is 0.319 e. The first-order chi connectivity index (χ1) is 18.7. The lowest BCUT2D eigenvalue weighted by Gasteiger charge is -2.22. The van der Waals surface area contributed by atoms with Crippen LogP contribution in [0.5, 0.6) is 0 Å². The van der Waals surface area contributed by atoms with Gasteiger partial charge in [-0.05, 0) is 83.3 Å². The fourth-order valence-corrected chi connectivity index (χ4v) is 5.83. The molecule has 0 heterocycles. The molecule has 4 aromatic carbocycles. The Balaban J connectivity index is 1.27. The van der Waals surface area contributed by atoms with Gasteiger partial charge in [-0.25, -0.2) is 9.59 Å². The second-order valence-corrected chi connectivity index (χ2v) is 9.87. The van der Waals surface area contributed by atoms with Gasteiger partial charge in [0.1, 0.15) is 0 Å². The molecule has 2 aliphatic carbocycles. The number of benzene rings is 4. The van der Waals surface area contributed by atoms with E-state index in [1.165, 1.54) is 22.3 Å². The number of fused-ring (bicyclic) bond motifs is 2. The summed E-state index contributed by atoms with van der Waals surface area (Å²) in [5, 5.41) is 12.3. The van der Waals surface area contributed by atoms with Gasteiger partial charge in [0.05, 0.1) is 12.1 Å². The predicted octanol–water partition coefficient (Wildman–Crippen LogP) is 6.97. The van der Waals surface area contributed by atoms with Gasteiger partial charge in [0.2, 0.25) is 0 Å². The van der Waals surface area contributed by atoms with Gasteiger partial charge in [0.15, 0.2) is 0 Å². The Kier molecular flexibility index (Phi) is 6.53. The van der Waals surface area contributed by atoms with Crippen LogP contribution in [0.15, 0.2) is 97.1 Å².